The minimum Gasteiger partial charge on any atom is -0.467 e. The van der Waals surface area contributed by atoms with Crippen LogP contribution >= 0.6 is 0 Å². The number of carbonyl (C=O) groups is 4. The van der Waals surface area contributed by atoms with Crippen LogP contribution in [0.25, 0.3) is 0 Å². The highest BCUT2D eigenvalue weighted by atomic mass is 19.4. The molecule has 126 valence electrons. The first-order chi connectivity index (χ1) is 10.1. The summed E-state index contributed by atoms with van der Waals surface area (Å²) in [6.07, 6.45) is -9.14. The van der Waals surface area contributed by atoms with Gasteiger partial charge in [0.15, 0.2) is 6.04 Å². The van der Waals surface area contributed by atoms with Crippen molar-refractivity contribution in [2.45, 2.75) is 18.3 Å². The zero-order valence-corrected chi connectivity index (χ0v) is 11.6. The van der Waals surface area contributed by atoms with E-state index in [4.69, 9.17) is 0 Å². The fraction of sp³-hybridized carbons (Fsp3) is 0.600. The number of carbonyl (C=O) groups excluding carboxylic acids is 4. The minimum absolute atomic E-state index is 0.767. The number of ether oxygens (including phenoxy) is 4. The fourth-order valence-corrected chi connectivity index (χ4v) is 1.12. The first-order valence-corrected chi connectivity index (χ1v) is 5.36. The van der Waals surface area contributed by atoms with E-state index in [-0.39, 0.29) is 0 Å². The SMILES string of the molecule is COC(=O)N[C@H](C(=O)OC)[C@H](OC(=O)C(F)(F)F)C(=O)OC. The molecule has 0 fully saturated rings. The van der Waals surface area contributed by atoms with Crippen LogP contribution in [0.4, 0.5) is 18.0 Å². The number of hydrogen-bond acceptors (Lipinski definition) is 8. The lowest BCUT2D eigenvalue weighted by Gasteiger charge is -2.23. The van der Waals surface area contributed by atoms with Crippen LogP contribution in [-0.2, 0) is 33.3 Å². The van der Waals surface area contributed by atoms with Gasteiger partial charge in [-0.1, -0.05) is 0 Å². The molecule has 0 saturated carbocycles. The number of alkyl carbamates (subject to hydrolysis) is 1. The average molecular weight is 331 g/mol. The van der Waals surface area contributed by atoms with Gasteiger partial charge in [-0.2, -0.15) is 13.2 Å². The average Bonchev–Trinajstić information content (AvgIpc) is 2.47. The number of methoxy groups -OCH3 is 3. The van der Waals surface area contributed by atoms with Crippen LogP contribution in [0.15, 0.2) is 0 Å². The van der Waals surface area contributed by atoms with Crippen molar-refractivity contribution in [3.8, 4) is 0 Å². The smallest absolute Gasteiger partial charge is 0.467 e. The maximum Gasteiger partial charge on any atom is 0.490 e. The van der Waals surface area contributed by atoms with Crippen LogP contribution in [0.5, 0.6) is 0 Å². The molecule has 9 nitrogen and oxygen atoms in total. The van der Waals surface area contributed by atoms with Crippen LogP contribution in [0.1, 0.15) is 0 Å². The van der Waals surface area contributed by atoms with Crippen molar-refractivity contribution in [2.24, 2.45) is 0 Å². The molecule has 0 rings (SSSR count). The fourth-order valence-electron chi connectivity index (χ4n) is 1.12. The summed E-state index contributed by atoms with van der Waals surface area (Å²) in [6.45, 7) is 0. The highest BCUT2D eigenvalue weighted by molar-refractivity contribution is 5.91. The second kappa shape index (κ2) is 8.05. The van der Waals surface area contributed by atoms with Gasteiger partial charge in [0, 0.05) is 0 Å². The summed E-state index contributed by atoms with van der Waals surface area (Å²) in [5, 5.41) is 1.71. The first kappa shape index (κ1) is 19.5. The molecule has 0 radical (unpaired) electrons. The molecular weight excluding hydrogens is 319 g/mol. The summed E-state index contributed by atoms with van der Waals surface area (Å²) in [4.78, 5) is 44.8. The van der Waals surface area contributed by atoms with Crippen molar-refractivity contribution in [1.29, 1.82) is 0 Å². The van der Waals surface area contributed by atoms with Crippen molar-refractivity contribution in [2.75, 3.05) is 21.3 Å². The van der Waals surface area contributed by atoms with Crippen molar-refractivity contribution < 1.29 is 51.3 Å². The quantitative estimate of drug-likeness (QED) is 0.531. The van der Waals surface area contributed by atoms with Crippen LogP contribution in [0.2, 0.25) is 0 Å². The molecule has 1 N–H and O–H groups in total. The Morgan fingerprint density at radius 3 is 1.77 bits per heavy atom. The van der Waals surface area contributed by atoms with E-state index in [1.54, 1.807) is 5.32 Å². The molecule has 0 aromatic heterocycles. The first-order valence-electron chi connectivity index (χ1n) is 5.36. The van der Waals surface area contributed by atoms with Gasteiger partial charge in [0.2, 0.25) is 6.10 Å². The molecule has 0 saturated heterocycles. The topological polar surface area (TPSA) is 117 Å². The summed E-state index contributed by atoms with van der Waals surface area (Å²) in [5.41, 5.74) is 0. The number of rotatable bonds is 5. The summed E-state index contributed by atoms with van der Waals surface area (Å²) in [5.74, 6) is -5.65. The van der Waals surface area contributed by atoms with Crippen LogP contribution in [-0.4, -0.2) is 63.7 Å². The normalized spacial score (nSPS) is 13.4. The lowest BCUT2D eigenvalue weighted by Crippen LogP contribution is -2.55. The number of hydrogen-bond donors (Lipinski definition) is 1. The van der Waals surface area contributed by atoms with Gasteiger partial charge in [0.05, 0.1) is 21.3 Å². The highest BCUT2D eigenvalue weighted by Gasteiger charge is 2.47. The third-order valence-corrected chi connectivity index (χ3v) is 2.12. The molecule has 0 aromatic rings. The van der Waals surface area contributed by atoms with Gasteiger partial charge < -0.3 is 24.3 Å². The summed E-state index contributed by atoms with van der Waals surface area (Å²) in [6, 6.07) is -2.10. The van der Waals surface area contributed by atoms with Gasteiger partial charge in [0.25, 0.3) is 0 Å². The summed E-state index contributed by atoms with van der Waals surface area (Å²) < 4.78 is 53.0. The Morgan fingerprint density at radius 2 is 1.41 bits per heavy atom. The van der Waals surface area contributed by atoms with E-state index < -0.39 is 42.3 Å². The Balaban J connectivity index is 5.48. The largest absolute Gasteiger partial charge is 0.490 e. The molecule has 12 heteroatoms. The van der Waals surface area contributed by atoms with Crippen LogP contribution < -0.4 is 5.32 Å². The monoisotopic (exact) mass is 331 g/mol. The molecule has 0 bridgehead atoms. The minimum atomic E-state index is -5.43. The number of halogens is 3. The van der Waals surface area contributed by atoms with Gasteiger partial charge in [0.1, 0.15) is 0 Å². The van der Waals surface area contributed by atoms with Crippen LogP contribution in [0, 0.1) is 0 Å². The Labute approximate surface area is 121 Å². The molecule has 0 heterocycles. The van der Waals surface area contributed by atoms with E-state index in [0.717, 1.165) is 21.3 Å². The third-order valence-electron chi connectivity index (χ3n) is 2.12. The number of esters is 3. The van der Waals surface area contributed by atoms with Crippen molar-refractivity contribution in [1.82, 2.24) is 5.32 Å². The molecule has 0 aliphatic rings. The van der Waals surface area contributed by atoms with Gasteiger partial charge >= 0.3 is 30.2 Å². The standard InChI is InChI=1S/C10H12F3NO8/c1-19-6(15)4(14-9(18)21-3)5(7(16)20-2)22-8(17)10(11,12)13/h4-5H,1-3H3,(H,14,18)/t4-,5-/m0/s1. The second-order valence-corrected chi connectivity index (χ2v) is 3.48. The van der Waals surface area contributed by atoms with Crippen molar-refractivity contribution in [3.63, 3.8) is 0 Å². The predicted molar refractivity (Wildman–Crippen MR) is 59.3 cm³/mol. The Bertz CT molecular complexity index is 450. The molecule has 22 heavy (non-hydrogen) atoms. The summed E-state index contributed by atoms with van der Waals surface area (Å²) >= 11 is 0. The Hall–Kier alpha value is -2.53. The third kappa shape index (κ3) is 5.46. The molecule has 0 aromatic carbocycles. The van der Waals surface area contributed by atoms with Gasteiger partial charge in [-0.25, -0.2) is 19.2 Å². The lowest BCUT2D eigenvalue weighted by atomic mass is 10.1. The number of alkyl halides is 3. The second-order valence-electron chi connectivity index (χ2n) is 3.48. The maximum atomic E-state index is 12.2. The number of nitrogens with one attached hydrogen (secondary N) is 1. The zero-order chi connectivity index (χ0) is 17.5. The summed E-state index contributed by atoms with van der Waals surface area (Å²) in [7, 11) is 2.48. The molecule has 1 amide bonds. The van der Waals surface area contributed by atoms with Crippen LogP contribution in [0.3, 0.4) is 0 Å². The molecule has 2 atom stereocenters. The van der Waals surface area contributed by atoms with E-state index in [2.05, 4.69) is 18.9 Å². The molecule has 0 unspecified atom stereocenters. The lowest BCUT2D eigenvalue weighted by molar-refractivity contribution is -0.209. The Morgan fingerprint density at radius 1 is 0.909 bits per heavy atom. The zero-order valence-electron chi connectivity index (χ0n) is 11.6. The van der Waals surface area contributed by atoms with E-state index in [9.17, 15) is 32.3 Å². The predicted octanol–water partition coefficient (Wildman–Crippen LogP) is -0.469. The molecule has 0 aliphatic heterocycles. The van der Waals surface area contributed by atoms with Gasteiger partial charge in [-0.05, 0) is 0 Å². The van der Waals surface area contributed by atoms with Crippen molar-refractivity contribution >= 4 is 24.0 Å². The molecule has 0 spiro atoms. The molecule has 0 aliphatic carbocycles. The van der Waals surface area contributed by atoms with Gasteiger partial charge in [-0.3, -0.25) is 0 Å². The number of amides is 1. The van der Waals surface area contributed by atoms with E-state index in [1.807, 2.05) is 0 Å². The van der Waals surface area contributed by atoms with Crippen molar-refractivity contribution in [3.05, 3.63) is 0 Å². The van der Waals surface area contributed by atoms with E-state index in [0.29, 0.717) is 0 Å². The van der Waals surface area contributed by atoms with E-state index >= 15 is 0 Å². The molecular formula is C10H12F3NO8. The van der Waals surface area contributed by atoms with E-state index in [1.165, 1.54) is 0 Å². The Kier molecular flexibility index (Phi) is 7.12. The maximum absolute atomic E-state index is 12.2. The van der Waals surface area contributed by atoms with Gasteiger partial charge in [-0.15, -0.1) is 0 Å². The highest BCUT2D eigenvalue weighted by Crippen LogP contribution is 2.19.